The van der Waals surface area contributed by atoms with E-state index in [1.54, 1.807) is 6.20 Å². The van der Waals surface area contributed by atoms with Crippen molar-refractivity contribution in [3.63, 3.8) is 0 Å². The maximum absolute atomic E-state index is 12.3. The molecule has 0 unspecified atom stereocenters. The molecule has 0 spiro atoms. The third kappa shape index (κ3) is 4.10. The molecular formula is C21H25N3O2. The van der Waals surface area contributed by atoms with Gasteiger partial charge in [-0.1, -0.05) is 18.2 Å². The van der Waals surface area contributed by atoms with Gasteiger partial charge in [-0.3, -0.25) is 4.79 Å². The van der Waals surface area contributed by atoms with E-state index in [9.17, 15) is 4.79 Å². The molecule has 5 nitrogen and oxygen atoms in total. The quantitative estimate of drug-likeness (QED) is 0.899. The summed E-state index contributed by atoms with van der Waals surface area (Å²) in [7, 11) is 0. The standard InChI is InChI=1S/C21H25N3O2/c25-20(13-15-7-8-16-4-1-2-5-17(16)12-15)23-14-18-9-10-22-21(24-18)19-6-3-11-26-19/h7-10,12,19H,1-6,11,13-14H2,(H,23,25)/t19-/m1/s1. The molecule has 5 heteroatoms. The zero-order valence-electron chi connectivity index (χ0n) is 15.0. The van der Waals surface area contributed by atoms with Crippen LogP contribution in [0, 0.1) is 0 Å². The first-order valence-corrected chi connectivity index (χ1v) is 9.59. The topological polar surface area (TPSA) is 64.1 Å². The van der Waals surface area contributed by atoms with Crippen molar-refractivity contribution in [2.45, 2.75) is 57.6 Å². The number of nitrogens with zero attached hydrogens (tertiary/aromatic N) is 2. The number of rotatable bonds is 5. The van der Waals surface area contributed by atoms with Crippen molar-refractivity contribution < 1.29 is 9.53 Å². The Morgan fingerprint density at radius 2 is 2.04 bits per heavy atom. The van der Waals surface area contributed by atoms with Crippen molar-refractivity contribution >= 4 is 5.91 Å². The van der Waals surface area contributed by atoms with Crippen LogP contribution in [0.5, 0.6) is 0 Å². The van der Waals surface area contributed by atoms with Gasteiger partial charge in [0.1, 0.15) is 6.10 Å². The monoisotopic (exact) mass is 351 g/mol. The lowest BCUT2D eigenvalue weighted by Gasteiger charge is -2.16. The molecule has 2 aliphatic rings. The maximum atomic E-state index is 12.3. The lowest BCUT2D eigenvalue weighted by molar-refractivity contribution is -0.120. The number of benzene rings is 1. The molecule has 1 aromatic carbocycles. The fourth-order valence-corrected chi connectivity index (χ4v) is 3.78. The zero-order valence-corrected chi connectivity index (χ0v) is 15.0. The Bertz CT molecular complexity index is 785. The first-order chi connectivity index (χ1) is 12.8. The fraction of sp³-hybridized carbons (Fsp3) is 0.476. The van der Waals surface area contributed by atoms with Crippen molar-refractivity contribution in [2.24, 2.45) is 0 Å². The Labute approximate surface area is 154 Å². The zero-order chi connectivity index (χ0) is 17.8. The van der Waals surface area contributed by atoms with Crippen LogP contribution >= 0.6 is 0 Å². The molecule has 26 heavy (non-hydrogen) atoms. The van der Waals surface area contributed by atoms with Crippen LogP contribution in [-0.2, 0) is 35.3 Å². The number of amides is 1. The van der Waals surface area contributed by atoms with Gasteiger partial charge in [0.25, 0.3) is 0 Å². The third-order valence-corrected chi connectivity index (χ3v) is 5.19. The molecule has 0 radical (unpaired) electrons. The highest BCUT2D eigenvalue weighted by atomic mass is 16.5. The Balaban J connectivity index is 1.33. The van der Waals surface area contributed by atoms with Crippen molar-refractivity contribution in [3.8, 4) is 0 Å². The van der Waals surface area contributed by atoms with Crippen LogP contribution in [0.4, 0.5) is 0 Å². The van der Waals surface area contributed by atoms with Gasteiger partial charge in [0.15, 0.2) is 5.82 Å². The number of nitrogens with one attached hydrogen (secondary N) is 1. The van der Waals surface area contributed by atoms with Crippen molar-refractivity contribution in [1.82, 2.24) is 15.3 Å². The molecule has 1 amide bonds. The molecule has 2 aromatic rings. The van der Waals surface area contributed by atoms with E-state index in [4.69, 9.17) is 4.74 Å². The minimum Gasteiger partial charge on any atom is -0.370 e. The average Bonchev–Trinajstić information content (AvgIpc) is 3.21. The van der Waals surface area contributed by atoms with Crippen molar-refractivity contribution in [3.05, 3.63) is 58.7 Å². The van der Waals surface area contributed by atoms with Crippen LogP contribution in [0.3, 0.4) is 0 Å². The SMILES string of the molecule is O=C(Cc1ccc2c(c1)CCCC2)NCc1ccnc([C@H]2CCCO2)n1. The lowest BCUT2D eigenvalue weighted by atomic mass is 9.90. The predicted molar refractivity (Wildman–Crippen MR) is 98.6 cm³/mol. The highest BCUT2D eigenvalue weighted by Crippen LogP contribution is 2.25. The molecule has 1 aliphatic heterocycles. The molecular weight excluding hydrogens is 326 g/mol. The summed E-state index contributed by atoms with van der Waals surface area (Å²) >= 11 is 0. The number of carbonyl (C=O) groups excluding carboxylic acids is 1. The summed E-state index contributed by atoms with van der Waals surface area (Å²) in [6.45, 7) is 1.20. The van der Waals surface area contributed by atoms with Crippen LogP contribution in [0.25, 0.3) is 0 Å². The van der Waals surface area contributed by atoms with Gasteiger partial charge in [0.05, 0.1) is 18.7 Å². The van der Waals surface area contributed by atoms with Gasteiger partial charge in [-0.15, -0.1) is 0 Å². The molecule has 4 rings (SSSR count). The Morgan fingerprint density at radius 1 is 1.15 bits per heavy atom. The second-order valence-corrected chi connectivity index (χ2v) is 7.17. The summed E-state index contributed by atoms with van der Waals surface area (Å²) in [5.74, 6) is 0.752. The maximum Gasteiger partial charge on any atom is 0.224 e. The highest BCUT2D eigenvalue weighted by Gasteiger charge is 2.20. The number of aromatic nitrogens is 2. The van der Waals surface area contributed by atoms with E-state index in [2.05, 4.69) is 33.5 Å². The average molecular weight is 351 g/mol. The summed E-state index contributed by atoms with van der Waals surface area (Å²) in [5.41, 5.74) is 4.77. The van der Waals surface area contributed by atoms with E-state index in [1.807, 2.05) is 6.07 Å². The number of aryl methyl sites for hydroxylation is 2. The molecule has 1 aliphatic carbocycles. The minimum atomic E-state index is 0.00106. The second-order valence-electron chi connectivity index (χ2n) is 7.17. The van der Waals surface area contributed by atoms with E-state index in [0.717, 1.165) is 43.0 Å². The van der Waals surface area contributed by atoms with E-state index in [1.165, 1.54) is 30.4 Å². The summed E-state index contributed by atoms with van der Waals surface area (Å²) in [6.07, 6.45) is 9.01. The number of ether oxygens (including phenoxy) is 1. The van der Waals surface area contributed by atoms with E-state index in [-0.39, 0.29) is 12.0 Å². The second kappa shape index (κ2) is 7.96. The minimum absolute atomic E-state index is 0.00106. The first kappa shape index (κ1) is 17.2. The van der Waals surface area contributed by atoms with Crippen molar-refractivity contribution in [1.29, 1.82) is 0 Å². The number of hydrogen-bond donors (Lipinski definition) is 1. The molecule has 136 valence electrons. The molecule has 1 fully saturated rings. The van der Waals surface area contributed by atoms with E-state index < -0.39 is 0 Å². The first-order valence-electron chi connectivity index (χ1n) is 9.59. The van der Waals surface area contributed by atoms with Crippen LogP contribution in [-0.4, -0.2) is 22.5 Å². The molecule has 1 saturated heterocycles. The third-order valence-electron chi connectivity index (χ3n) is 5.19. The molecule has 0 saturated carbocycles. The summed E-state index contributed by atoms with van der Waals surface area (Å²) in [4.78, 5) is 21.2. The lowest BCUT2D eigenvalue weighted by Crippen LogP contribution is -2.25. The van der Waals surface area contributed by atoms with Gasteiger partial charge < -0.3 is 10.1 Å². The van der Waals surface area contributed by atoms with E-state index >= 15 is 0 Å². The molecule has 1 atom stereocenters. The van der Waals surface area contributed by atoms with Crippen LogP contribution in [0.1, 0.15) is 60.0 Å². The van der Waals surface area contributed by atoms with Gasteiger partial charge in [0.2, 0.25) is 5.91 Å². The van der Waals surface area contributed by atoms with E-state index in [0.29, 0.717) is 13.0 Å². The Hall–Kier alpha value is -2.27. The molecule has 2 heterocycles. The van der Waals surface area contributed by atoms with Crippen molar-refractivity contribution in [2.75, 3.05) is 6.61 Å². The Morgan fingerprint density at radius 3 is 2.88 bits per heavy atom. The Kier molecular flexibility index (Phi) is 5.25. The normalized spacial score (nSPS) is 19.2. The van der Waals surface area contributed by atoms with Crippen LogP contribution in [0.2, 0.25) is 0 Å². The van der Waals surface area contributed by atoms with Gasteiger partial charge in [0, 0.05) is 12.8 Å². The van der Waals surface area contributed by atoms with Crippen LogP contribution in [0.15, 0.2) is 30.5 Å². The fourth-order valence-electron chi connectivity index (χ4n) is 3.78. The van der Waals surface area contributed by atoms with Gasteiger partial charge >= 0.3 is 0 Å². The van der Waals surface area contributed by atoms with Crippen LogP contribution < -0.4 is 5.32 Å². The number of hydrogen-bond acceptors (Lipinski definition) is 4. The molecule has 0 bridgehead atoms. The summed E-state index contributed by atoms with van der Waals surface area (Å²) < 4.78 is 5.63. The highest BCUT2D eigenvalue weighted by molar-refractivity contribution is 5.78. The van der Waals surface area contributed by atoms with Gasteiger partial charge in [-0.2, -0.15) is 0 Å². The summed E-state index contributed by atoms with van der Waals surface area (Å²) in [5, 5.41) is 2.98. The number of carbonyl (C=O) groups is 1. The van der Waals surface area contributed by atoms with Gasteiger partial charge in [-0.05, 0) is 61.3 Å². The predicted octanol–water partition coefficient (Wildman–Crippen LogP) is 3.07. The molecule has 1 N–H and O–H groups in total. The molecule has 1 aromatic heterocycles. The number of fused-ring (bicyclic) bond motifs is 1. The van der Waals surface area contributed by atoms with Gasteiger partial charge in [-0.25, -0.2) is 9.97 Å². The largest absolute Gasteiger partial charge is 0.370 e. The summed E-state index contributed by atoms with van der Waals surface area (Å²) in [6, 6.07) is 8.32. The smallest absolute Gasteiger partial charge is 0.224 e.